The topological polar surface area (TPSA) is 3.24 Å². The van der Waals surface area contributed by atoms with Crippen LogP contribution >= 0.6 is 0 Å². The second-order valence-electron chi connectivity index (χ2n) is 10.6. The summed E-state index contributed by atoms with van der Waals surface area (Å²) in [6.45, 7) is 0. The lowest BCUT2D eigenvalue weighted by Gasteiger charge is -2.31. The van der Waals surface area contributed by atoms with Gasteiger partial charge >= 0.3 is 0 Å². The average Bonchev–Trinajstić information content (AvgIpc) is 3.49. The minimum atomic E-state index is -0.318. The van der Waals surface area contributed by atoms with Gasteiger partial charge in [-0.05, 0) is 68.3 Å². The molecule has 0 fully saturated rings. The third-order valence-electron chi connectivity index (χ3n) is 8.70. The highest BCUT2D eigenvalue weighted by atomic mass is 15.1. The minimum Gasteiger partial charge on any atom is -0.344 e. The average molecular weight is 498 g/mol. The van der Waals surface area contributed by atoms with Gasteiger partial charge in [-0.2, -0.15) is 0 Å². The fraction of sp³-hybridized carbons (Fsp3) is 0.0526. The lowest BCUT2D eigenvalue weighted by molar-refractivity contribution is 0.793. The summed E-state index contributed by atoms with van der Waals surface area (Å²) in [6.07, 6.45) is 0. The molecule has 6 aromatic rings. The summed E-state index contributed by atoms with van der Waals surface area (Å²) in [5, 5.41) is 0. The molecule has 184 valence electrons. The number of hydrogen-bond acceptors (Lipinski definition) is 1. The Labute approximate surface area is 229 Å². The molecule has 0 radical (unpaired) electrons. The van der Waals surface area contributed by atoms with E-state index in [2.05, 4.69) is 158 Å². The molecule has 2 aliphatic carbocycles. The Balaban J connectivity index is 1.38. The zero-order valence-electron chi connectivity index (χ0n) is 21.8. The number of hydrogen-bond donors (Lipinski definition) is 0. The summed E-state index contributed by atoms with van der Waals surface area (Å²) < 4.78 is 0. The van der Waals surface area contributed by atoms with Gasteiger partial charge in [0.1, 0.15) is 0 Å². The van der Waals surface area contributed by atoms with Crippen molar-refractivity contribution in [2.24, 2.45) is 0 Å². The first-order valence-corrected chi connectivity index (χ1v) is 13.6. The Morgan fingerprint density at radius 3 is 1.64 bits per heavy atom. The van der Waals surface area contributed by atoms with Gasteiger partial charge in [0, 0.05) is 24.0 Å². The Kier molecular flexibility index (Phi) is 4.72. The van der Waals surface area contributed by atoms with Crippen molar-refractivity contribution in [3.05, 3.63) is 168 Å². The first-order valence-electron chi connectivity index (χ1n) is 13.6. The van der Waals surface area contributed by atoms with Gasteiger partial charge in [0.05, 0.1) is 5.41 Å². The number of fused-ring (bicyclic) bond motifs is 10. The van der Waals surface area contributed by atoms with Gasteiger partial charge < -0.3 is 4.90 Å². The molecule has 0 saturated carbocycles. The van der Waals surface area contributed by atoms with Crippen LogP contribution in [-0.4, -0.2) is 7.05 Å². The van der Waals surface area contributed by atoms with Crippen molar-refractivity contribution >= 4 is 11.4 Å². The third kappa shape index (κ3) is 2.96. The van der Waals surface area contributed by atoms with Gasteiger partial charge in [0.25, 0.3) is 0 Å². The summed E-state index contributed by atoms with van der Waals surface area (Å²) >= 11 is 0. The van der Waals surface area contributed by atoms with Gasteiger partial charge in [-0.3, -0.25) is 0 Å². The van der Waals surface area contributed by atoms with E-state index in [9.17, 15) is 0 Å². The molecular formula is C38H27N. The molecule has 1 spiro atoms. The Morgan fingerprint density at radius 1 is 0.436 bits per heavy atom. The van der Waals surface area contributed by atoms with Crippen LogP contribution < -0.4 is 4.90 Å². The monoisotopic (exact) mass is 497 g/mol. The Bertz CT molecular complexity index is 1840. The standard InChI is InChI=1S/C38H27N/c1-39(28-16-11-15-27(25-28)26-13-3-2-4-14-26)36-24-12-23-35-37(36)31-19-7-10-22-34(31)38(35)32-20-8-5-17-29(32)30-18-6-9-21-33(30)38/h2-25H,1H3. The van der Waals surface area contributed by atoms with Crippen molar-refractivity contribution in [2.75, 3.05) is 11.9 Å². The number of rotatable bonds is 3. The number of anilines is 2. The van der Waals surface area contributed by atoms with E-state index in [0.29, 0.717) is 0 Å². The van der Waals surface area contributed by atoms with Crippen LogP contribution in [-0.2, 0) is 5.41 Å². The first-order chi connectivity index (χ1) is 19.3. The molecule has 0 bridgehead atoms. The van der Waals surface area contributed by atoms with Crippen molar-refractivity contribution in [1.29, 1.82) is 0 Å². The van der Waals surface area contributed by atoms with Gasteiger partial charge in [0.15, 0.2) is 0 Å². The molecule has 0 amide bonds. The minimum absolute atomic E-state index is 0.318. The fourth-order valence-corrected chi connectivity index (χ4v) is 7.07. The smallest absolute Gasteiger partial charge is 0.0726 e. The van der Waals surface area contributed by atoms with Crippen molar-refractivity contribution < 1.29 is 0 Å². The predicted molar refractivity (Wildman–Crippen MR) is 163 cm³/mol. The second-order valence-corrected chi connectivity index (χ2v) is 10.6. The van der Waals surface area contributed by atoms with Gasteiger partial charge in [0.2, 0.25) is 0 Å². The normalized spacial score (nSPS) is 13.5. The third-order valence-corrected chi connectivity index (χ3v) is 8.70. The summed E-state index contributed by atoms with van der Waals surface area (Å²) in [5.74, 6) is 0. The summed E-state index contributed by atoms with van der Waals surface area (Å²) in [7, 11) is 2.20. The lowest BCUT2D eigenvalue weighted by Crippen LogP contribution is -2.26. The molecule has 1 nitrogen and oxygen atoms in total. The highest BCUT2D eigenvalue weighted by Gasteiger charge is 2.52. The highest BCUT2D eigenvalue weighted by molar-refractivity contribution is 5.99. The summed E-state index contributed by atoms with van der Waals surface area (Å²) in [6, 6.07) is 53.3. The van der Waals surface area contributed by atoms with Gasteiger partial charge in [-0.15, -0.1) is 0 Å². The fourth-order valence-electron chi connectivity index (χ4n) is 7.07. The van der Waals surface area contributed by atoms with Crippen molar-refractivity contribution in [3.8, 4) is 33.4 Å². The number of nitrogens with zero attached hydrogens (tertiary/aromatic N) is 1. The molecule has 1 heteroatoms. The van der Waals surface area contributed by atoms with E-state index >= 15 is 0 Å². The molecule has 0 N–H and O–H groups in total. The van der Waals surface area contributed by atoms with Crippen molar-refractivity contribution in [3.63, 3.8) is 0 Å². The van der Waals surface area contributed by atoms with E-state index in [1.165, 1.54) is 67.0 Å². The van der Waals surface area contributed by atoms with Crippen LogP contribution in [0.4, 0.5) is 11.4 Å². The van der Waals surface area contributed by atoms with E-state index in [1.807, 2.05) is 0 Å². The molecule has 0 aliphatic heterocycles. The van der Waals surface area contributed by atoms with Crippen LogP contribution in [0.3, 0.4) is 0 Å². The number of benzene rings is 6. The predicted octanol–water partition coefficient (Wildman–Crippen LogP) is 9.46. The molecule has 8 rings (SSSR count). The maximum atomic E-state index is 2.35. The van der Waals surface area contributed by atoms with Crippen LogP contribution in [0, 0.1) is 0 Å². The highest BCUT2D eigenvalue weighted by Crippen LogP contribution is 2.64. The van der Waals surface area contributed by atoms with E-state index in [4.69, 9.17) is 0 Å². The molecule has 2 aliphatic rings. The van der Waals surface area contributed by atoms with Crippen LogP contribution in [0.2, 0.25) is 0 Å². The molecule has 0 saturated heterocycles. The van der Waals surface area contributed by atoms with E-state index in [0.717, 1.165) is 0 Å². The summed E-state index contributed by atoms with van der Waals surface area (Å²) in [4.78, 5) is 2.35. The molecular weight excluding hydrogens is 470 g/mol. The van der Waals surface area contributed by atoms with Gasteiger partial charge in [-0.25, -0.2) is 0 Å². The zero-order chi connectivity index (χ0) is 26.0. The Hall–Kier alpha value is -4.88. The maximum Gasteiger partial charge on any atom is 0.0726 e. The first kappa shape index (κ1) is 22.1. The Morgan fingerprint density at radius 2 is 0.949 bits per heavy atom. The van der Waals surface area contributed by atoms with Crippen LogP contribution in [0.25, 0.3) is 33.4 Å². The van der Waals surface area contributed by atoms with Crippen molar-refractivity contribution in [1.82, 2.24) is 0 Å². The zero-order valence-corrected chi connectivity index (χ0v) is 21.8. The quantitative estimate of drug-likeness (QED) is 0.235. The van der Waals surface area contributed by atoms with E-state index < -0.39 is 0 Å². The molecule has 0 unspecified atom stereocenters. The van der Waals surface area contributed by atoms with Crippen LogP contribution in [0.15, 0.2) is 146 Å². The SMILES string of the molecule is CN(c1cccc(-c2ccccc2)c1)c1cccc2c1-c1ccccc1C21c2ccccc2-c2ccccc21. The molecule has 6 aromatic carbocycles. The largest absolute Gasteiger partial charge is 0.344 e. The maximum absolute atomic E-state index is 2.35. The van der Waals surface area contributed by atoms with Gasteiger partial charge in [-0.1, -0.05) is 127 Å². The van der Waals surface area contributed by atoms with E-state index in [1.54, 1.807) is 0 Å². The second kappa shape index (κ2) is 8.31. The molecule has 0 atom stereocenters. The molecule has 0 heterocycles. The molecule has 0 aromatic heterocycles. The molecule has 39 heavy (non-hydrogen) atoms. The van der Waals surface area contributed by atoms with E-state index in [-0.39, 0.29) is 5.41 Å². The van der Waals surface area contributed by atoms with Crippen molar-refractivity contribution in [2.45, 2.75) is 5.41 Å². The van der Waals surface area contributed by atoms with Crippen LogP contribution in [0.5, 0.6) is 0 Å². The summed E-state index contributed by atoms with van der Waals surface area (Å²) in [5.41, 5.74) is 15.4. The van der Waals surface area contributed by atoms with Crippen LogP contribution in [0.1, 0.15) is 22.3 Å². The lowest BCUT2D eigenvalue weighted by atomic mass is 9.70.